The van der Waals surface area contributed by atoms with Crippen molar-refractivity contribution in [3.8, 4) is 0 Å². The zero-order chi connectivity index (χ0) is 18.1. The molecule has 1 aromatic heterocycles. The third kappa shape index (κ3) is 4.34. The van der Waals surface area contributed by atoms with E-state index in [9.17, 15) is 4.39 Å². The van der Waals surface area contributed by atoms with Gasteiger partial charge in [-0.15, -0.1) is 11.3 Å². The molecule has 0 saturated carbocycles. The smallest absolute Gasteiger partial charge is 0.192 e. The molecular formula is C18H24BrFNOSSi. The van der Waals surface area contributed by atoms with Gasteiger partial charge in [-0.05, 0) is 53.8 Å². The number of rotatable bonds is 5. The van der Waals surface area contributed by atoms with Gasteiger partial charge in [0.05, 0.1) is 16.3 Å². The predicted octanol–water partition coefficient (Wildman–Crippen LogP) is 6.90. The number of hydrogen-bond donors (Lipinski definition) is 0. The van der Waals surface area contributed by atoms with Crippen molar-refractivity contribution in [3.05, 3.63) is 40.7 Å². The highest BCUT2D eigenvalue weighted by molar-refractivity contribution is 9.11. The summed E-state index contributed by atoms with van der Waals surface area (Å²) in [6.07, 6.45) is -0.0823. The minimum atomic E-state index is -2.05. The van der Waals surface area contributed by atoms with E-state index in [2.05, 4.69) is 61.7 Å². The second kappa shape index (κ2) is 7.36. The van der Waals surface area contributed by atoms with Crippen LogP contribution in [0, 0.1) is 6.92 Å². The lowest BCUT2D eigenvalue weighted by molar-refractivity contribution is 0.121. The van der Waals surface area contributed by atoms with Gasteiger partial charge in [0.15, 0.2) is 8.32 Å². The normalized spacial score (nSPS) is 16.0. The van der Waals surface area contributed by atoms with Crippen molar-refractivity contribution in [2.24, 2.45) is 0 Å². The first-order chi connectivity index (χ1) is 11.0. The third-order valence-corrected chi connectivity index (χ3v) is 10.3. The molecule has 2 aromatic rings. The van der Waals surface area contributed by atoms with Gasteiger partial charge in [0, 0.05) is 0 Å². The van der Waals surface area contributed by atoms with Gasteiger partial charge in [-0.3, -0.25) is 0 Å². The van der Waals surface area contributed by atoms with E-state index < -0.39 is 20.6 Å². The molecule has 0 spiro atoms. The first kappa shape index (κ1) is 19.8. The first-order valence-electron chi connectivity index (χ1n) is 7.87. The number of thiazole rings is 1. The van der Waals surface area contributed by atoms with Crippen LogP contribution in [0.3, 0.4) is 0 Å². The van der Waals surface area contributed by atoms with Gasteiger partial charge >= 0.3 is 0 Å². The number of halogens is 2. The number of alkyl halides is 1. The highest BCUT2D eigenvalue weighted by Gasteiger charge is 2.40. The maximum absolute atomic E-state index is 14.9. The molecule has 1 radical (unpaired) electrons. The van der Waals surface area contributed by atoms with Crippen molar-refractivity contribution in [3.63, 3.8) is 0 Å². The van der Waals surface area contributed by atoms with Crippen LogP contribution in [0.4, 0.5) is 4.39 Å². The quantitative estimate of drug-likeness (QED) is 0.483. The number of hydrogen-bond acceptors (Lipinski definition) is 3. The van der Waals surface area contributed by atoms with Gasteiger partial charge in [-0.2, -0.15) is 0 Å². The van der Waals surface area contributed by atoms with Crippen LogP contribution < -0.4 is 0 Å². The Kier molecular flexibility index (Phi) is 6.06. The van der Waals surface area contributed by atoms with E-state index in [4.69, 9.17) is 4.43 Å². The molecule has 131 valence electrons. The number of nitrogens with zero attached hydrogens (tertiary/aromatic N) is 1. The fraction of sp³-hybridized carbons (Fsp3) is 0.444. The molecule has 0 aliphatic rings. The standard InChI is InChI=1S/C18H24BrFNOSSi/c1-12(22-24(5,6)18(2,3)4)17(20)13-7-8-14-15(11-13)23-16(21-14)9-10-19/h7-12,17H,1H2,2-6H3/b10-9+. The average Bonchev–Trinajstić information content (AvgIpc) is 2.86. The van der Waals surface area contributed by atoms with Crippen LogP contribution in [0.2, 0.25) is 18.1 Å². The highest BCUT2D eigenvalue weighted by atomic mass is 79.9. The first-order valence-corrected chi connectivity index (χ1v) is 12.5. The predicted molar refractivity (Wildman–Crippen MR) is 109 cm³/mol. The van der Waals surface area contributed by atoms with Crippen molar-refractivity contribution in [2.75, 3.05) is 0 Å². The van der Waals surface area contributed by atoms with E-state index in [1.165, 1.54) is 11.3 Å². The molecule has 0 aliphatic heterocycles. The highest BCUT2D eigenvalue weighted by Crippen LogP contribution is 2.39. The summed E-state index contributed by atoms with van der Waals surface area (Å²) < 4.78 is 22.0. The SMILES string of the molecule is [CH2]C(O[Si](C)(C)C(C)(C)C)C(F)c1ccc2nc(/C=C/Br)sc2c1. The van der Waals surface area contributed by atoms with Crippen molar-refractivity contribution in [2.45, 2.75) is 51.2 Å². The molecule has 6 heteroatoms. The third-order valence-electron chi connectivity index (χ3n) is 4.53. The van der Waals surface area contributed by atoms with Crippen LogP contribution >= 0.6 is 27.3 Å². The van der Waals surface area contributed by atoms with Crippen LogP contribution in [-0.2, 0) is 4.43 Å². The molecule has 0 N–H and O–H groups in total. The van der Waals surface area contributed by atoms with Crippen LogP contribution in [0.25, 0.3) is 16.3 Å². The van der Waals surface area contributed by atoms with Crippen molar-refractivity contribution < 1.29 is 8.82 Å². The van der Waals surface area contributed by atoms with Gasteiger partial charge in [0.2, 0.25) is 0 Å². The molecule has 2 atom stereocenters. The summed E-state index contributed by atoms with van der Waals surface area (Å²) in [7, 11) is -2.05. The monoisotopic (exact) mass is 428 g/mol. The minimum Gasteiger partial charge on any atom is -0.411 e. The number of aromatic nitrogens is 1. The lowest BCUT2D eigenvalue weighted by Gasteiger charge is -2.39. The molecule has 0 amide bonds. The summed E-state index contributed by atoms with van der Waals surface area (Å²) in [5.74, 6) is 0. The summed E-state index contributed by atoms with van der Waals surface area (Å²) in [6, 6.07) is 5.50. The Balaban J connectivity index is 2.22. The van der Waals surface area contributed by atoms with Gasteiger partial charge < -0.3 is 4.43 Å². The molecule has 1 heterocycles. The van der Waals surface area contributed by atoms with E-state index in [0.29, 0.717) is 5.56 Å². The lowest BCUT2D eigenvalue weighted by atomic mass is 10.1. The molecule has 2 rings (SSSR count). The van der Waals surface area contributed by atoms with E-state index in [-0.39, 0.29) is 5.04 Å². The van der Waals surface area contributed by atoms with Gasteiger partial charge in [0.1, 0.15) is 11.2 Å². The maximum atomic E-state index is 14.9. The lowest BCUT2D eigenvalue weighted by Crippen LogP contribution is -2.44. The van der Waals surface area contributed by atoms with Crippen LogP contribution in [0.15, 0.2) is 23.2 Å². The van der Waals surface area contributed by atoms with Crippen LogP contribution in [0.5, 0.6) is 0 Å². The summed E-state index contributed by atoms with van der Waals surface area (Å²) in [5, 5.41) is 0.916. The Morgan fingerprint density at radius 2 is 2.04 bits per heavy atom. The van der Waals surface area contributed by atoms with Crippen molar-refractivity contribution >= 4 is 51.9 Å². The molecule has 1 aromatic carbocycles. The van der Waals surface area contributed by atoms with Crippen LogP contribution in [0.1, 0.15) is 37.5 Å². The molecular weight excluding hydrogens is 405 g/mol. The Labute approximate surface area is 157 Å². The summed E-state index contributed by atoms with van der Waals surface area (Å²) in [6.45, 7) is 14.6. The molecule has 2 nitrogen and oxygen atoms in total. The maximum Gasteiger partial charge on any atom is 0.192 e. The fourth-order valence-electron chi connectivity index (χ4n) is 2.09. The van der Waals surface area contributed by atoms with Crippen molar-refractivity contribution in [1.29, 1.82) is 0 Å². The largest absolute Gasteiger partial charge is 0.411 e. The zero-order valence-electron chi connectivity index (χ0n) is 14.8. The molecule has 0 fully saturated rings. The molecule has 0 bridgehead atoms. The average molecular weight is 429 g/mol. The van der Waals surface area contributed by atoms with Gasteiger partial charge in [0.25, 0.3) is 0 Å². The summed E-state index contributed by atoms with van der Waals surface area (Å²) in [5.41, 5.74) is 1.47. The Bertz CT molecular complexity index is 738. The van der Waals surface area contributed by atoms with Crippen molar-refractivity contribution in [1.82, 2.24) is 4.98 Å². The summed E-state index contributed by atoms with van der Waals surface area (Å²) in [4.78, 5) is 6.25. The molecule has 2 unspecified atom stereocenters. The summed E-state index contributed by atoms with van der Waals surface area (Å²) >= 11 is 4.78. The van der Waals surface area contributed by atoms with E-state index in [0.717, 1.165) is 15.2 Å². The van der Waals surface area contributed by atoms with E-state index in [1.807, 2.05) is 18.2 Å². The Morgan fingerprint density at radius 1 is 1.38 bits per heavy atom. The second-order valence-electron chi connectivity index (χ2n) is 7.39. The Hall–Kier alpha value is -0.563. The fourth-order valence-corrected chi connectivity index (χ4v) is 4.66. The van der Waals surface area contributed by atoms with Crippen LogP contribution in [-0.4, -0.2) is 19.4 Å². The van der Waals surface area contributed by atoms with E-state index in [1.54, 1.807) is 11.1 Å². The second-order valence-corrected chi connectivity index (χ2v) is 13.7. The van der Waals surface area contributed by atoms with Gasteiger partial charge in [-0.1, -0.05) is 42.8 Å². The number of benzene rings is 1. The minimum absolute atomic E-state index is 0.0290. The Morgan fingerprint density at radius 3 is 2.62 bits per heavy atom. The molecule has 0 aliphatic carbocycles. The number of fused-ring (bicyclic) bond motifs is 1. The molecule has 0 saturated heterocycles. The molecule has 24 heavy (non-hydrogen) atoms. The van der Waals surface area contributed by atoms with Gasteiger partial charge in [-0.25, -0.2) is 9.37 Å². The zero-order valence-corrected chi connectivity index (χ0v) is 18.2. The topological polar surface area (TPSA) is 22.1 Å². The van der Waals surface area contributed by atoms with E-state index >= 15 is 0 Å².